The molecule has 3 aromatic carbocycles. The topological polar surface area (TPSA) is 76.9 Å². The maximum absolute atomic E-state index is 12.9. The van der Waals surface area contributed by atoms with Crippen LogP contribution < -0.4 is 5.32 Å². The highest BCUT2D eigenvalue weighted by Gasteiger charge is 2.18. The van der Waals surface area contributed by atoms with E-state index in [1.54, 1.807) is 12.1 Å². The van der Waals surface area contributed by atoms with Gasteiger partial charge in [0.2, 0.25) is 5.91 Å². The second-order valence-corrected chi connectivity index (χ2v) is 9.54. The van der Waals surface area contributed by atoms with Crippen molar-refractivity contribution < 1.29 is 9.59 Å². The number of aryl methyl sites for hydroxylation is 2. The van der Waals surface area contributed by atoms with E-state index in [4.69, 9.17) is 0 Å². The molecule has 0 aliphatic rings. The summed E-state index contributed by atoms with van der Waals surface area (Å²) in [5, 5.41) is 12.4. The number of hydrogen-bond acceptors (Lipinski definition) is 5. The molecule has 1 atom stereocenters. The van der Waals surface area contributed by atoms with E-state index in [0.717, 1.165) is 22.6 Å². The third kappa shape index (κ3) is 5.87. The third-order valence-corrected chi connectivity index (χ3v) is 6.65. The van der Waals surface area contributed by atoms with Crippen LogP contribution in [0.15, 0.2) is 78.0 Å². The number of benzene rings is 3. The Bertz CT molecular complexity index is 1330. The maximum atomic E-state index is 12.9. The molecule has 178 valence electrons. The van der Waals surface area contributed by atoms with Crippen molar-refractivity contribution in [3.63, 3.8) is 0 Å². The number of rotatable bonds is 8. The minimum absolute atomic E-state index is 0.00377. The monoisotopic (exact) mass is 484 g/mol. The first-order valence-electron chi connectivity index (χ1n) is 11.4. The van der Waals surface area contributed by atoms with Crippen molar-refractivity contribution in [2.24, 2.45) is 0 Å². The van der Waals surface area contributed by atoms with Crippen molar-refractivity contribution in [3.05, 3.63) is 95.1 Å². The van der Waals surface area contributed by atoms with Gasteiger partial charge in [0, 0.05) is 23.7 Å². The van der Waals surface area contributed by atoms with E-state index in [2.05, 4.69) is 46.7 Å². The van der Waals surface area contributed by atoms with E-state index in [9.17, 15) is 9.59 Å². The number of aromatic nitrogens is 3. The van der Waals surface area contributed by atoms with Crippen molar-refractivity contribution in [1.29, 1.82) is 0 Å². The van der Waals surface area contributed by atoms with Gasteiger partial charge in [0.15, 0.2) is 16.8 Å². The van der Waals surface area contributed by atoms with Crippen LogP contribution in [-0.4, -0.2) is 32.2 Å². The molecule has 6 nitrogen and oxygen atoms in total. The van der Waals surface area contributed by atoms with Crippen LogP contribution in [0.1, 0.15) is 46.9 Å². The summed E-state index contributed by atoms with van der Waals surface area (Å²) in [7, 11) is 0. The van der Waals surface area contributed by atoms with Gasteiger partial charge in [-0.3, -0.25) is 14.2 Å². The molecule has 35 heavy (non-hydrogen) atoms. The van der Waals surface area contributed by atoms with Crippen molar-refractivity contribution >= 4 is 23.5 Å². The molecule has 0 aliphatic carbocycles. The fraction of sp³-hybridized carbons (Fsp3) is 0.214. The van der Waals surface area contributed by atoms with E-state index in [0.29, 0.717) is 10.7 Å². The summed E-state index contributed by atoms with van der Waals surface area (Å²) < 4.78 is 2.00. The van der Waals surface area contributed by atoms with E-state index in [1.165, 1.54) is 29.8 Å². The molecular weight excluding hydrogens is 456 g/mol. The summed E-state index contributed by atoms with van der Waals surface area (Å²) >= 11 is 1.37. The third-order valence-electron chi connectivity index (χ3n) is 5.72. The van der Waals surface area contributed by atoms with Crippen LogP contribution in [0, 0.1) is 13.8 Å². The summed E-state index contributed by atoms with van der Waals surface area (Å²) in [6, 6.07) is 23.6. The number of hydrogen-bond donors (Lipinski definition) is 1. The van der Waals surface area contributed by atoms with E-state index < -0.39 is 0 Å². The molecule has 1 aromatic heterocycles. The SMILES string of the molecule is CC(=O)NC(C)c1ccc(C(=O)CSc2nnc(-c3ccc(C)cc3)n2-c2ccc(C)cc2)cc1. The zero-order valence-corrected chi connectivity index (χ0v) is 21.1. The van der Waals surface area contributed by atoms with Crippen LogP contribution in [0.2, 0.25) is 0 Å². The lowest BCUT2D eigenvalue weighted by atomic mass is 10.0. The molecule has 7 heteroatoms. The first-order valence-corrected chi connectivity index (χ1v) is 12.4. The molecule has 1 unspecified atom stereocenters. The molecule has 0 aliphatic heterocycles. The number of nitrogens with one attached hydrogen (secondary N) is 1. The van der Waals surface area contributed by atoms with Gasteiger partial charge in [-0.2, -0.15) is 0 Å². The van der Waals surface area contributed by atoms with Gasteiger partial charge in [0.1, 0.15) is 0 Å². The van der Waals surface area contributed by atoms with Crippen molar-refractivity contribution in [2.45, 2.75) is 38.9 Å². The molecule has 0 bridgehead atoms. The maximum Gasteiger partial charge on any atom is 0.217 e. The molecular formula is C28H28N4O2S. The number of Topliss-reactive ketones (excluding diaryl/α,β-unsaturated/α-hetero) is 1. The second kappa shape index (κ2) is 10.7. The average Bonchev–Trinajstić information content (AvgIpc) is 3.27. The number of amides is 1. The quantitative estimate of drug-likeness (QED) is 0.256. The number of nitrogens with zero attached hydrogens (tertiary/aromatic N) is 3. The zero-order valence-electron chi connectivity index (χ0n) is 20.3. The summed E-state index contributed by atoms with van der Waals surface area (Å²) in [4.78, 5) is 24.2. The van der Waals surface area contributed by atoms with Gasteiger partial charge in [-0.15, -0.1) is 10.2 Å². The number of carbonyl (C=O) groups is 2. The van der Waals surface area contributed by atoms with Crippen molar-refractivity contribution in [1.82, 2.24) is 20.1 Å². The van der Waals surface area contributed by atoms with Crippen LogP contribution in [0.25, 0.3) is 17.1 Å². The summed E-state index contributed by atoms with van der Waals surface area (Å²) in [6.45, 7) is 7.50. The van der Waals surface area contributed by atoms with Crippen LogP contribution in [-0.2, 0) is 4.79 Å². The lowest BCUT2D eigenvalue weighted by Crippen LogP contribution is -2.23. The van der Waals surface area contributed by atoms with Gasteiger partial charge < -0.3 is 5.32 Å². The van der Waals surface area contributed by atoms with Gasteiger partial charge in [0.25, 0.3) is 0 Å². The van der Waals surface area contributed by atoms with E-state index in [1.807, 2.05) is 54.8 Å². The Balaban J connectivity index is 1.56. The molecule has 0 saturated carbocycles. The largest absolute Gasteiger partial charge is 0.350 e. The molecule has 0 radical (unpaired) electrons. The number of thioether (sulfide) groups is 1. The minimum atomic E-state index is -0.112. The Kier molecular flexibility index (Phi) is 7.46. The molecule has 1 heterocycles. The lowest BCUT2D eigenvalue weighted by molar-refractivity contribution is -0.119. The summed E-state index contributed by atoms with van der Waals surface area (Å²) in [5.41, 5.74) is 5.82. The Morgan fingerprint density at radius 2 is 1.49 bits per heavy atom. The normalized spacial score (nSPS) is 11.8. The first kappa shape index (κ1) is 24.4. The summed E-state index contributed by atoms with van der Waals surface area (Å²) in [5.74, 6) is 0.888. The van der Waals surface area contributed by atoms with Crippen LogP contribution >= 0.6 is 11.8 Å². The molecule has 1 N–H and O–H groups in total. The standard InChI is InChI=1S/C28H28N4O2S/c1-18-5-9-24(10-6-18)27-30-31-28(32(27)25-15-7-19(2)8-16-25)35-17-26(34)23-13-11-22(12-14-23)20(3)29-21(4)33/h5-16,20H,17H2,1-4H3,(H,29,33). The molecule has 0 fully saturated rings. The predicted octanol–water partition coefficient (Wildman–Crippen LogP) is 5.72. The Hall–Kier alpha value is -3.71. The van der Waals surface area contributed by atoms with E-state index >= 15 is 0 Å². The van der Waals surface area contributed by atoms with Crippen LogP contribution in [0.3, 0.4) is 0 Å². The summed E-state index contributed by atoms with van der Waals surface area (Å²) in [6.07, 6.45) is 0. The zero-order chi connectivity index (χ0) is 24.9. The number of ketones is 1. The highest BCUT2D eigenvalue weighted by molar-refractivity contribution is 7.99. The van der Waals surface area contributed by atoms with Gasteiger partial charge in [-0.05, 0) is 38.5 Å². The van der Waals surface area contributed by atoms with Crippen molar-refractivity contribution in [3.8, 4) is 17.1 Å². The van der Waals surface area contributed by atoms with Gasteiger partial charge >= 0.3 is 0 Å². The Labute approximate surface area is 209 Å². The minimum Gasteiger partial charge on any atom is -0.350 e. The molecule has 0 saturated heterocycles. The van der Waals surface area contributed by atoms with Gasteiger partial charge in [-0.1, -0.05) is 83.6 Å². The second-order valence-electron chi connectivity index (χ2n) is 8.60. The fourth-order valence-corrected chi connectivity index (χ4v) is 4.59. The highest BCUT2D eigenvalue weighted by Crippen LogP contribution is 2.29. The smallest absolute Gasteiger partial charge is 0.217 e. The van der Waals surface area contributed by atoms with Crippen LogP contribution in [0.5, 0.6) is 0 Å². The van der Waals surface area contributed by atoms with Crippen molar-refractivity contribution in [2.75, 3.05) is 5.75 Å². The Morgan fingerprint density at radius 1 is 0.886 bits per heavy atom. The average molecular weight is 485 g/mol. The molecule has 4 aromatic rings. The predicted molar refractivity (Wildman–Crippen MR) is 140 cm³/mol. The lowest BCUT2D eigenvalue weighted by Gasteiger charge is -2.13. The highest BCUT2D eigenvalue weighted by atomic mass is 32.2. The fourth-order valence-electron chi connectivity index (χ4n) is 3.74. The molecule has 0 spiro atoms. The molecule has 4 rings (SSSR count). The van der Waals surface area contributed by atoms with Crippen LogP contribution in [0.4, 0.5) is 0 Å². The Morgan fingerprint density at radius 3 is 2.09 bits per heavy atom. The van der Waals surface area contributed by atoms with E-state index in [-0.39, 0.29) is 23.5 Å². The first-order chi connectivity index (χ1) is 16.8. The van der Waals surface area contributed by atoms with Gasteiger partial charge in [-0.25, -0.2) is 0 Å². The number of carbonyl (C=O) groups excluding carboxylic acids is 2. The van der Waals surface area contributed by atoms with Gasteiger partial charge in [0.05, 0.1) is 11.8 Å². The molecule has 1 amide bonds.